The van der Waals surface area contributed by atoms with Crippen molar-refractivity contribution in [3.05, 3.63) is 35.9 Å². The van der Waals surface area contributed by atoms with Crippen LogP contribution in [0.1, 0.15) is 23.7 Å². The first-order valence-corrected chi connectivity index (χ1v) is 6.97. The van der Waals surface area contributed by atoms with Crippen molar-refractivity contribution in [2.24, 2.45) is 5.84 Å². The molecule has 0 spiro atoms. The summed E-state index contributed by atoms with van der Waals surface area (Å²) >= 11 is 0. The van der Waals surface area contributed by atoms with Gasteiger partial charge in [-0.15, -0.1) is 0 Å². The molecule has 0 saturated heterocycles. The van der Waals surface area contributed by atoms with Crippen molar-refractivity contribution in [3.8, 4) is 0 Å². The molecule has 1 heterocycles. The van der Waals surface area contributed by atoms with Crippen molar-refractivity contribution in [2.45, 2.75) is 13.3 Å². The number of carbonyl (C=O) groups excluding carboxylic acids is 1. The van der Waals surface area contributed by atoms with E-state index in [-0.39, 0.29) is 12.5 Å². The largest absolute Gasteiger partial charge is 0.395 e. The molecule has 0 aliphatic rings. The quantitative estimate of drug-likeness (QED) is 0.551. The summed E-state index contributed by atoms with van der Waals surface area (Å²) in [6.07, 6.45) is 0.830. The Morgan fingerprint density at radius 1 is 1.38 bits per heavy atom. The highest BCUT2D eigenvalue weighted by Gasteiger charge is 2.18. The molecular weight excluding hydrogens is 268 g/mol. The van der Waals surface area contributed by atoms with Crippen molar-refractivity contribution >= 4 is 22.6 Å². The van der Waals surface area contributed by atoms with Crippen LogP contribution in [0.5, 0.6) is 0 Å². The fourth-order valence-corrected chi connectivity index (χ4v) is 2.30. The van der Waals surface area contributed by atoms with Crippen molar-refractivity contribution < 1.29 is 9.90 Å². The van der Waals surface area contributed by atoms with Gasteiger partial charge in [0.2, 0.25) is 0 Å². The molecule has 0 aliphatic heterocycles. The van der Waals surface area contributed by atoms with E-state index in [9.17, 15) is 4.79 Å². The average molecular weight is 288 g/mol. The van der Waals surface area contributed by atoms with Crippen LogP contribution in [-0.2, 0) is 0 Å². The number of para-hydroxylation sites is 1. The van der Waals surface area contributed by atoms with Gasteiger partial charge in [-0.05, 0) is 18.6 Å². The van der Waals surface area contributed by atoms with E-state index in [4.69, 9.17) is 10.9 Å². The summed E-state index contributed by atoms with van der Waals surface area (Å²) in [6, 6.07) is 9.07. The zero-order chi connectivity index (χ0) is 15.2. The first-order chi connectivity index (χ1) is 10.2. The molecule has 6 heteroatoms. The molecule has 6 nitrogen and oxygen atoms in total. The Morgan fingerprint density at radius 3 is 2.81 bits per heavy atom. The number of hydrogen-bond acceptors (Lipinski definition) is 5. The molecule has 2 aromatic rings. The van der Waals surface area contributed by atoms with Crippen molar-refractivity contribution in [1.29, 1.82) is 0 Å². The number of pyridine rings is 1. The molecule has 4 N–H and O–H groups in total. The van der Waals surface area contributed by atoms with Gasteiger partial charge in [0.05, 0.1) is 17.7 Å². The Hall–Kier alpha value is -2.18. The lowest BCUT2D eigenvalue weighted by atomic mass is 10.1. The third-order valence-corrected chi connectivity index (χ3v) is 3.25. The highest BCUT2D eigenvalue weighted by atomic mass is 16.3. The summed E-state index contributed by atoms with van der Waals surface area (Å²) in [5, 5.41) is 9.91. The van der Waals surface area contributed by atoms with Gasteiger partial charge in [-0.25, -0.2) is 10.8 Å². The molecule has 0 radical (unpaired) electrons. The predicted molar refractivity (Wildman–Crippen MR) is 82.8 cm³/mol. The molecule has 1 aromatic heterocycles. The molecule has 0 atom stereocenters. The average Bonchev–Trinajstić information content (AvgIpc) is 2.53. The third kappa shape index (κ3) is 3.29. The predicted octanol–water partition coefficient (Wildman–Crippen LogP) is 1.36. The summed E-state index contributed by atoms with van der Waals surface area (Å²) < 4.78 is 0. The standard InChI is InChI=1S/C15H20N4O2/c1-2-7-19(8-9-20)15(21)12-10-14(18-16)17-13-6-4-3-5-11(12)13/h3-6,10,20H,2,7-9,16H2,1H3,(H,17,18). The van der Waals surface area contributed by atoms with Crippen LogP contribution in [-0.4, -0.2) is 40.6 Å². The molecule has 1 aromatic carbocycles. The number of aromatic nitrogens is 1. The fourth-order valence-electron chi connectivity index (χ4n) is 2.30. The van der Waals surface area contributed by atoms with Gasteiger partial charge in [0, 0.05) is 18.5 Å². The monoisotopic (exact) mass is 288 g/mol. The van der Waals surface area contributed by atoms with Gasteiger partial charge in [-0.1, -0.05) is 25.1 Å². The first kappa shape index (κ1) is 15.2. The summed E-state index contributed by atoms with van der Waals surface area (Å²) in [7, 11) is 0. The zero-order valence-electron chi connectivity index (χ0n) is 12.0. The molecule has 0 aliphatic carbocycles. The Balaban J connectivity index is 2.50. The molecule has 2 rings (SSSR count). The van der Waals surface area contributed by atoms with Crippen LogP contribution in [0, 0.1) is 0 Å². The smallest absolute Gasteiger partial charge is 0.254 e. The van der Waals surface area contributed by atoms with E-state index < -0.39 is 0 Å². The number of hydrazine groups is 1. The van der Waals surface area contributed by atoms with Gasteiger partial charge in [-0.2, -0.15) is 0 Å². The Labute approximate surface area is 123 Å². The maximum absolute atomic E-state index is 12.7. The van der Waals surface area contributed by atoms with E-state index in [1.54, 1.807) is 11.0 Å². The Morgan fingerprint density at radius 2 is 2.14 bits per heavy atom. The highest BCUT2D eigenvalue weighted by molar-refractivity contribution is 6.06. The lowest BCUT2D eigenvalue weighted by Crippen LogP contribution is -2.34. The molecule has 112 valence electrons. The highest BCUT2D eigenvalue weighted by Crippen LogP contribution is 2.22. The Bertz CT molecular complexity index is 624. The van der Waals surface area contributed by atoms with Gasteiger partial charge >= 0.3 is 0 Å². The van der Waals surface area contributed by atoms with E-state index in [0.29, 0.717) is 30.0 Å². The van der Waals surface area contributed by atoms with Crippen LogP contribution in [0.15, 0.2) is 30.3 Å². The number of nitrogen functional groups attached to an aromatic ring is 1. The van der Waals surface area contributed by atoms with Gasteiger partial charge in [0.1, 0.15) is 5.82 Å². The number of benzene rings is 1. The number of nitrogens with one attached hydrogen (secondary N) is 1. The number of aliphatic hydroxyl groups excluding tert-OH is 1. The summed E-state index contributed by atoms with van der Waals surface area (Å²) in [6.45, 7) is 2.85. The SMILES string of the molecule is CCCN(CCO)C(=O)c1cc(NN)nc2ccccc12. The van der Waals surface area contributed by atoms with E-state index >= 15 is 0 Å². The summed E-state index contributed by atoms with van der Waals surface area (Å²) in [5.74, 6) is 5.74. The normalized spacial score (nSPS) is 10.6. The second kappa shape index (κ2) is 7.01. The van der Waals surface area contributed by atoms with Crippen LogP contribution in [0.4, 0.5) is 5.82 Å². The molecule has 0 fully saturated rings. The number of anilines is 1. The van der Waals surface area contributed by atoms with E-state index in [1.165, 1.54) is 0 Å². The van der Waals surface area contributed by atoms with Gasteiger partial charge in [-0.3, -0.25) is 4.79 Å². The lowest BCUT2D eigenvalue weighted by Gasteiger charge is -2.22. The van der Waals surface area contributed by atoms with E-state index in [2.05, 4.69) is 10.4 Å². The number of rotatable bonds is 6. The second-order valence-corrected chi connectivity index (χ2v) is 4.73. The van der Waals surface area contributed by atoms with Gasteiger partial charge in [0.15, 0.2) is 0 Å². The summed E-state index contributed by atoms with van der Waals surface area (Å²) in [4.78, 5) is 18.7. The van der Waals surface area contributed by atoms with E-state index in [0.717, 1.165) is 11.8 Å². The third-order valence-electron chi connectivity index (χ3n) is 3.25. The molecule has 0 bridgehead atoms. The lowest BCUT2D eigenvalue weighted by molar-refractivity contribution is 0.0724. The number of aliphatic hydroxyl groups is 1. The second-order valence-electron chi connectivity index (χ2n) is 4.73. The van der Waals surface area contributed by atoms with Gasteiger partial charge < -0.3 is 15.4 Å². The molecular formula is C15H20N4O2. The zero-order valence-corrected chi connectivity index (χ0v) is 12.0. The number of carbonyl (C=O) groups is 1. The fraction of sp³-hybridized carbons (Fsp3) is 0.333. The van der Waals surface area contributed by atoms with Crippen LogP contribution in [0.3, 0.4) is 0 Å². The van der Waals surface area contributed by atoms with Crippen LogP contribution in [0.25, 0.3) is 10.9 Å². The van der Waals surface area contributed by atoms with Crippen molar-refractivity contribution in [1.82, 2.24) is 9.88 Å². The summed E-state index contributed by atoms with van der Waals surface area (Å²) in [5.41, 5.74) is 3.73. The number of hydrogen-bond donors (Lipinski definition) is 3. The van der Waals surface area contributed by atoms with Crippen LogP contribution < -0.4 is 11.3 Å². The number of nitrogens with two attached hydrogens (primary N) is 1. The van der Waals surface area contributed by atoms with Crippen molar-refractivity contribution in [3.63, 3.8) is 0 Å². The van der Waals surface area contributed by atoms with Crippen molar-refractivity contribution in [2.75, 3.05) is 25.1 Å². The van der Waals surface area contributed by atoms with Crippen LogP contribution in [0.2, 0.25) is 0 Å². The number of nitrogens with zero attached hydrogens (tertiary/aromatic N) is 2. The van der Waals surface area contributed by atoms with Crippen LogP contribution >= 0.6 is 0 Å². The minimum atomic E-state index is -0.124. The minimum absolute atomic E-state index is 0.0588. The maximum atomic E-state index is 12.7. The molecule has 0 unspecified atom stereocenters. The van der Waals surface area contributed by atoms with Gasteiger partial charge in [0.25, 0.3) is 5.91 Å². The molecule has 0 saturated carbocycles. The number of fused-ring (bicyclic) bond motifs is 1. The number of amides is 1. The Kier molecular flexibility index (Phi) is 5.08. The molecule has 1 amide bonds. The minimum Gasteiger partial charge on any atom is -0.395 e. The van der Waals surface area contributed by atoms with E-state index in [1.807, 2.05) is 31.2 Å². The first-order valence-electron chi connectivity index (χ1n) is 6.97. The topological polar surface area (TPSA) is 91.5 Å². The maximum Gasteiger partial charge on any atom is 0.254 e. The molecule has 21 heavy (non-hydrogen) atoms.